The first kappa shape index (κ1) is 11.5. The average molecular weight is 186 g/mol. The van der Waals surface area contributed by atoms with E-state index in [0.29, 0.717) is 13.0 Å². The Morgan fingerprint density at radius 1 is 1.62 bits per heavy atom. The summed E-state index contributed by atoms with van der Waals surface area (Å²) in [5, 5.41) is 13.3. The van der Waals surface area contributed by atoms with Crippen molar-refractivity contribution in [1.29, 1.82) is 0 Å². The van der Waals surface area contributed by atoms with Gasteiger partial charge in [0.2, 0.25) is 0 Å². The molecule has 0 unspecified atom stereocenters. The van der Waals surface area contributed by atoms with Crippen molar-refractivity contribution in [3.63, 3.8) is 0 Å². The number of amides is 2. The van der Waals surface area contributed by atoms with E-state index >= 15 is 0 Å². The number of carboxylic acid groups (broad SMARTS) is 1. The number of carbonyl (C=O) groups is 2. The predicted molar refractivity (Wildman–Crippen MR) is 48.4 cm³/mol. The quantitative estimate of drug-likeness (QED) is 0.541. The van der Waals surface area contributed by atoms with Gasteiger partial charge in [0.1, 0.15) is 6.04 Å². The predicted octanol–water partition coefficient (Wildman–Crippen LogP) is 0.335. The Kier molecular flexibility index (Phi) is 5.34. The monoisotopic (exact) mass is 186 g/mol. The van der Waals surface area contributed by atoms with Gasteiger partial charge in [-0.15, -0.1) is 6.58 Å². The number of hydrogen-bond acceptors (Lipinski definition) is 2. The summed E-state index contributed by atoms with van der Waals surface area (Å²) in [4.78, 5) is 21.4. The second-order valence-corrected chi connectivity index (χ2v) is 2.44. The van der Waals surface area contributed by atoms with Crippen LogP contribution in [0.15, 0.2) is 12.7 Å². The zero-order valence-corrected chi connectivity index (χ0v) is 7.54. The molecule has 0 bridgehead atoms. The van der Waals surface area contributed by atoms with E-state index in [4.69, 9.17) is 5.11 Å². The zero-order valence-electron chi connectivity index (χ0n) is 7.54. The molecule has 3 N–H and O–H groups in total. The van der Waals surface area contributed by atoms with Crippen molar-refractivity contribution < 1.29 is 14.7 Å². The van der Waals surface area contributed by atoms with Gasteiger partial charge in [-0.2, -0.15) is 0 Å². The van der Waals surface area contributed by atoms with Gasteiger partial charge in [0.15, 0.2) is 0 Å². The van der Waals surface area contributed by atoms with Gasteiger partial charge in [-0.25, -0.2) is 9.59 Å². The molecule has 0 radical (unpaired) electrons. The van der Waals surface area contributed by atoms with Crippen LogP contribution in [-0.2, 0) is 4.79 Å². The molecule has 0 saturated carbocycles. The van der Waals surface area contributed by atoms with Gasteiger partial charge in [-0.1, -0.05) is 13.0 Å². The third-order valence-corrected chi connectivity index (χ3v) is 1.42. The highest BCUT2D eigenvalue weighted by Gasteiger charge is 2.16. The molecule has 0 rings (SSSR count). The molecule has 0 aliphatic heterocycles. The van der Waals surface area contributed by atoms with Crippen LogP contribution in [0.1, 0.15) is 13.3 Å². The summed E-state index contributed by atoms with van der Waals surface area (Å²) < 4.78 is 0. The molecule has 0 fully saturated rings. The number of urea groups is 1. The van der Waals surface area contributed by atoms with Crippen molar-refractivity contribution in [1.82, 2.24) is 10.6 Å². The van der Waals surface area contributed by atoms with Crippen LogP contribution in [0.2, 0.25) is 0 Å². The highest BCUT2D eigenvalue weighted by molar-refractivity contribution is 5.82. The van der Waals surface area contributed by atoms with Crippen LogP contribution in [0, 0.1) is 0 Å². The molecule has 5 heteroatoms. The van der Waals surface area contributed by atoms with E-state index in [-0.39, 0.29) is 0 Å². The van der Waals surface area contributed by atoms with Crippen molar-refractivity contribution in [2.75, 3.05) is 6.54 Å². The van der Waals surface area contributed by atoms with E-state index in [1.807, 2.05) is 0 Å². The van der Waals surface area contributed by atoms with Crippen LogP contribution < -0.4 is 10.6 Å². The van der Waals surface area contributed by atoms with Crippen molar-refractivity contribution in [3.8, 4) is 0 Å². The number of hydrogen-bond donors (Lipinski definition) is 3. The summed E-state index contributed by atoms with van der Waals surface area (Å²) >= 11 is 0. The normalized spacial score (nSPS) is 11.5. The Balaban J connectivity index is 3.86. The smallest absolute Gasteiger partial charge is 0.326 e. The summed E-state index contributed by atoms with van der Waals surface area (Å²) in [5.74, 6) is -1.03. The molecule has 0 aliphatic rings. The van der Waals surface area contributed by atoms with E-state index in [2.05, 4.69) is 17.2 Å². The number of rotatable bonds is 5. The van der Waals surface area contributed by atoms with E-state index < -0.39 is 18.0 Å². The van der Waals surface area contributed by atoms with Gasteiger partial charge in [-0.3, -0.25) is 0 Å². The van der Waals surface area contributed by atoms with Crippen molar-refractivity contribution in [2.24, 2.45) is 0 Å². The van der Waals surface area contributed by atoms with Crippen LogP contribution in [0.25, 0.3) is 0 Å². The van der Waals surface area contributed by atoms with Crippen molar-refractivity contribution >= 4 is 12.0 Å². The van der Waals surface area contributed by atoms with Crippen LogP contribution >= 0.6 is 0 Å². The van der Waals surface area contributed by atoms with Gasteiger partial charge in [0.05, 0.1) is 0 Å². The first-order valence-electron chi connectivity index (χ1n) is 3.99. The van der Waals surface area contributed by atoms with Gasteiger partial charge in [0, 0.05) is 6.54 Å². The fourth-order valence-electron chi connectivity index (χ4n) is 0.713. The Morgan fingerprint density at radius 3 is 2.62 bits per heavy atom. The van der Waals surface area contributed by atoms with Gasteiger partial charge in [0.25, 0.3) is 0 Å². The Bertz CT molecular complexity index is 204. The third kappa shape index (κ3) is 4.84. The summed E-state index contributed by atoms with van der Waals surface area (Å²) in [7, 11) is 0. The molecule has 74 valence electrons. The van der Waals surface area contributed by atoms with Gasteiger partial charge >= 0.3 is 12.0 Å². The lowest BCUT2D eigenvalue weighted by Gasteiger charge is -2.11. The van der Waals surface area contributed by atoms with E-state index in [1.165, 1.54) is 6.08 Å². The van der Waals surface area contributed by atoms with E-state index in [9.17, 15) is 9.59 Å². The maximum Gasteiger partial charge on any atom is 0.326 e. The Morgan fingerprint density at radius 2 is 2.23 bits per heavy atom. The van der Waals surface area contributed by atoms with Crippen LogP contribution in [0.5, 0.6) is 0 Å². The fraction of sp³-hybridized carbons (Fsp3) is 0.500. The molecule has 0 aliphatic carbocycles. The lowest BCUT2D eigenvalue weighted by molar-refractivity contribution is -0.139. The standard InChI is InChI=1S/C8H14N2O3/c1-3-5-9-8(13)10-6(4-2)7(11)12/h3,6H,1,4-5H2,2H3,(H,11,12)(H2,9,10,13)/t6-/m0/s1. The topological polar surface area (TPSA) is 78.4 Å². The third-order valence-electron chi connectivity index (χ3n) is 1.42. The maximum atomic E-state index is 10.9. The molecule has 0 aromatic carbocycles. The average Bonchev–Trinajstić information content (AvgIpc) is 2.10. The number of nitrogens with one attached hydrogen (secondary N) is 2. The first-order valence-corrected chi connectivity index (χ1v) is 3.99. The molecule has 0 aromatic heterocycles. The lowest BCUT2D eigenvalue weighted by Crippen LogP contribution is -2.45. The van der Waals surface area contributed by atoms with Gasteiger partial charge in [-0.05, 0) is 6.42 Å². The highest BCUT2D eigenvalue weighted by Crippen LogP contribution is 1.89. The first-order chi connectivity index (χ1) is 6.11. The van der Waals surface area contributed by atoms with E-state index in [1.54, 1.807) is 6.92 Å². The SMILES string of the molecule is C=CCNC(=O)N[C@@H](CC)C(=O)O. The summed E-state index contributed by atoms with van der Waals surface area (Å²) in [6, 6.07) is -1.32. The molecular formula is C8H14N2O3. The molecule has 5 nitrogen and oxygen atoms in total. The zero-order chi connectivity index (χ0) is 10.3. The number of carboxylic acids is 1. The second kappa shape index (κ2) is 6.05. The molecule has 0 heterocycles. The number of carbonyl (C=O) groups excluding carboxylic acids is 1. The van der Waals surface area contributed by atoms with Crippen LogP contribution in [0.4, 0.5) is 4.79 Å². The molecule has 13 heavy (non-hydrogen) atoms. The van der Waals surface area contributed by atoms with Crippen molar-refractivity contribution in [2.45, 2.75) is 19.4 Å². The molecule has 1 atom stereocenters. The summed E-state index contributed by atoms with van der Waals surface area (Å²) in [6.45, 7) is 5.42. The lowest BCUT2D eigenvalue weighted by atomic mass is 10.2. The summed E-state index contributed by atoms with van der Waals surface area (Å²) in [6.07, 6.45) is 1.87. The highest BCUT2D eigenvalue weighted by atomic mass is 16.4. The summed E-state index contributed by atoms with van der Waals surface area (Å²) in [5.41, 5.74) is 0. The van der Waals surface area contributed by atoms with Crippen LogP contribution in [-0.4, -0.2) is 29.7 Å². The van der Waals surface area contributed by atoms with Crippen LogP contribution in [0.3, 0.4) is 0 Å². The Hall–Kier alpha value is -1.52. The molecule has 0 aromatic rings. The molecule has 0 spiro atoms. The van der Waals surface area contributed by atoms with E-state index in [0.717, 1.165) is 0 Å². The fourth-order valence-corrected chi connectivity index (χ4v) is 0.713. The van der Waals surface area contributed by atoms with Crippen molar-refractivity contribution in [3.05, 3.63) is 12.7 Å². The molecular weight excluding hydrogens is 172 g/mol. The Labute approximate surface area is 76.8 Å². The maximum absolute atomic E-state index is 10.9. The minimum absolute atomic E-state index is 0.321. The largest absolute Gasteiger partial charge is 0.480 e. The van der Waals surface area contributed by atoms with Gasteiger partial charge < -0.3 is 15.7 Å². The second-order valence-electron chi connectivity index (χ2n) is 2.44. The minimum Gasteiger partial charge on any atom is -0.480 e. The molecule has 0 saturated heterocycles. The molecule has 2 amide bonds. The minimum atomic E-state index is -1.03. The number of aliphatic carboxylic acids is 1.